The summed E-state index contributed by atoms with van der Waals surface area (Å²) in [6.45, 7) is 1.45. The highest BCUT2D eigenvalue weighted by molar-refractivity contribution is 6.45. The molecular formula is C45H44Cl3N5O14. The van der Waals surface area contributed by atoms with Crippen molar-refractivity contribution in [3.63, 3.8) is 0 Å². The maximum absolute atomic E-state index is 13.4. The summed E-state index contributed by atoms with van der Waals surface area (Å²) in [5.41, 5.74) is 8.66. The highest BCUT2D eigenvalue weighted by atomic mass is 35.5. The number of unbranched alkanes of at least 4 members (excludes halogenated alkanes) is 1. The molecule has 0 fully saturated rings. The van der Waals surface area contributed by atoms with Gasteiger partial charge >= 0.3 is 29.8 Å². The number of aromatic hydroxyl groups is 1. The lowest BCUT2D eigenvalue weighted by atomic mass is 9.64. The van der Waals surface area contributed by atoms with Crippen LogP contribution >= 0.6 is 34.8 Å². The number of phenolic OH excluding ortho intramolecular Hbond substituents is 1. The fourth-order valence-corrected chi connectivity index (χ4v) is 8.39. The van der Waals surface area contributed by atoms with Gasteiger partial charge in [0.1, 0.15) is 56.1 Å². The Kier molecular flexibility index (Phi) is 16.5. The Labute approximate surface area is 397 Å². The zero-order valence-corrected chi connectivity index (χ0v) is 38.3. The van der Waals surface area contributed by atoms with Crippen molar-refractivity contribution in [1.82, 2.24) is 0 Å². The van der Waals surface area contributed by atoms with Gasteiger partial charge in [0.15, 0.2) is 5.78 Å². The van der Waals surface area contributed by atoms with Crippen LogP contribution in [0.25, 0.3) is 16.0 Å². The van der Waals surface area contributed by atoms with Crippen molar-refractivity contribution >= 4 is 87.4 Å². The van der Waals surface area contributed by atoms with Gasteiger partial charge in [0.25, 0.3) is 0 Å². The molecule has 0 saturated heterocycles. The number of phenols is 1. The van der Waals surface area contributed by atoms with E-state index in [1.54, 1.807) is 20.8 Å². The Morgan fingerprint density at radius 3 is 1.94 bits per heavy atom. The summed E-state index contributed by atoms with van der Waals surface area (Å²) in [7, 11) is 0. The molecule has 5 rings (SSSR count). The molecule has 6 N–H and O–H groups in total. The van der Waals surface area contributed by atoms with E-state index in [9.17, 15) is 59.4 Å². The van der Waals surface area contributed by atoms with Crippen molar-refractivity contribution < 1.29 is 68.9 Å². The first kappa shape index (κ1) is 51.1. The van der Waals surface area contributed by atoms with Crippen LogP contribution in [0.4, 0.5) is 11.4 Å². The third kappa shape index (κ3) is 12.3. The molecule has 0 bridgehead atoms. The minimum absolute atomic E-state index is 0.00236. The van der Waals surface area contributed by atoms with E-state index < -0.39 is 85.5 Å². The topological polar surface area (TPSA) is 298 Å². The van der Waals surface area contributed by atoms with Gasteiger partial charge in [-0.1, -0.05) is 67.1 Å². The van der Waals surface area contributed by atoms with Crippen LogP contribution < -0.4 is 19.3 Å². The highest BCUT2D eigenvalue weighted by Crippen LogP contribution is 2.53. The molecule has 67 heavy (non-hydrogen) atoms. The number of ether oxygens (including phenoxy) is 2. The lowest BCUT2D eigenvalue weighted by Gasteiger charge is -2.39. The Balaban J connectivity index is 1.73. The van der Waals surface area contributed by atoms with E-state index in [0.29, 0.717) is 36.0 Å². The maximum Gasteiger partial charge on any atom is 0.336 e. The number of carbonyl (C=O) groups is 6. The fraction of sp³-hybridized carbons (Fsp3) is 0.333. The number of anilines is 2. The van der Waals surface area contributed by atoms with E-state index in [-0.39, 0.29) is 72.9 Å². The fourth-order valence-electron chi connectivity index (χ4n) is 7.90. The van der Waals surface area contributed by atoms with Gasteiger partial charge in [-0.05, 0) is 113 Å². The van der Waals surface area contributed by atoms with E-state index in [1.165, 1.54) is 48.6 Å². The number of aromatic carboxylic acids is 1. The molecule has 0 spiro atoms. The molecule has 22 heteroatoms. The summed E-state index contributed by atoms with van der Waals surface area (Å²) < 4.78 is 12.7. The van der Waals surface area contributed by atoms with E-state index in [0.717, 1.165) is 15.9 Å². The summed E-state index contributed by atoms with van der Waals surface area (Å²) in [6.07, 6.45) is 3.19. The molecule has 2 atom stereocenters. The van der Waals surface area contributed by atoms with Crippen molar-refractivity contribution in [3.8, 4) is 17.2 Å². The number of halogens is 3. The maximum atomic E-state index is 13.4. The monoisotopic (exact) mass is 983 g/mol. The number of hydrogen-bond donors (Lipinski definition) is 6. The zero-order chi connectivity index (χ0) is 49.5. The standard InChI is InChI=1S/C45H44Cl3N5O14/c1-22(50-51-49)6-4-5-7-24(67-37-9-8-23(46)10-33(37)52(17-39(56)57)18-40(58)59)21-66-38-14-26(44(64)65)25(13-34(38)53(19-41(60)61)20-42(62)63)43-27-11-31(47)35(54)15-29(27)45(2,3)30-16-36(55)32(48)12-28(30)43/h8-16,22,24,54H,4-7,17-21H2,1-3H3,(H,56,57)(H,58,59)(H,60,61)(H,62,63)(H,64,65). The number of ketones is 1. The molecule has 3 aromatic carbocycles. The van der Waals surface area contributed by atoms with Crippen LogP contribution in [0.15, 0.2) is 75.9 Å². The van der Waals surface area contributed by atoms with Gasteiger partial charge in [0, 0.05) is 21.4 Å². The lowest BCUT2D eigenvalue weighted by molar-refractivity contribution is -0.138. The lowest BCUT2D eigenvalue weighted by Crippen LogP contribution is -2.36. The van der Waals surface area contributed by atoms with Gasteiger partial charge < -0.3 is 49.9 Å². The van der Waals surface area contributed by atoms with Crippen LogP contribution in [-0.2, 0) is 29.4 Å². The highest BCUT2D eigenvalue weighted by Gasteiger charge is 2.41. The molecule has 0 aliphatic heterocycles. The van der Waals surface area contributed by atoms with E-state index in [1.807, 2.05) is 0 Å². The smallest absolute Gasteiger partial charge is 0.336 e. The van der Waals surface area contributed by atoms with E-state index in [4.69, 9.17) is 49.8 Å². The van der Waals surface area contributed by atoms with Crippen molar-refractivity contribution in [2.45, 2.75) is 64.0 Å². The number of carbonyl (C=O) groups excluding carboxylic acids is 1. The molecule has 0 amide bonds. The number of hydrogen-bond acceptors (Lipinski definition) is 12. The van der Waals surface area contributed by atoms with Crippen LogP contribution in [0.3, 0.4) is 0 Å². The summed E-state index contributed by atoms with van der Waals surface area (Å²) in [4.78, 5) is 79.6. The SMILES string of the molecule is CC(CCCCC(COc1cc(C(=O)O)c(C2=C3C=C(Cl)C(=O)C=C3C(C)(C)c3cc(O)c(Cl)cc32)cc1N(CC(=O)O)CC(=O)O)Oc1ccc(Cl)cc1N(CC(=O)O)CC(=O)O)N=[N+]=[N-]. The molecule has 2 aliphatic rings. The van der Waals surface area contributed by atoms with Crippen LogP contribution in [0.1, 0.15) is 73.5 Å². The number of azide groups is 1. The number of benzene rings is 3. The van der Waals surface area contributed by atoms with Gasteiger partial charge in [0.05, 0.1) is 27.0 Å². The molecule has 19 nitrogen and oxygen atoms in total. The first-order valence-corrected chi connectivity index (χ1v) is 21.5. The molecule has 0 saturated carbocycles. The van der Waals surface area contributed by atoms with Crippen LogP contribution in [0, 0.1) is 0 Å². The van der Waals surface area contributed by atoms with Crippen LogP contribution in [0.2, 0.25) is 10.0 Å². The second kappa shape index (κ2) is 21.6. The van der Waals surface area contributed by atoms with Crippen LogP contribution in [0.5, 0.6) is 17.2 Å². The normalized spacial score (nSPS) is 14.6. The average molecular weight is 985 g/mol. The Hall–Kier alpha value is -6.92. The van der Waals surface area contributed by atoms with Gasteiger partial charge in [-0.25, -0.2) is 4.79 Å². The largest absolute Gasteiger partial charge is 0.506 e. The number of aliphatic carboxylic acids is 4. The number of nitrogens with zero attached hydrogens (tertiary/aromatic N) is 5. The minimum atomic E-state index is -1.52. The van der Waals surface area contributed by atoms with Gasteiger partial charge in [-0.15, -0.1) is 0 Å². The van der Waals surface area contributed by atoms with Crippen molar-refractivity contribution in [2.75, 3.05) is 42.6 Å². The molecule has 2 aliphatic carbocycles. The Morgan fingerprint density at radius 2 is 1.37 bits per heavy atom. The van der Waals surface area contributed by atoms with E-state index >= 15 is 0 Å². The van der Waals surface area contributed by atoms with E-state index in [2.05, 4.69) is 10.0 Å². The molecular weight excluding hydrogens is 941 g/mol. The number of rotatable bonds is 23. The second-order valence-corrected chi connectivity index (χ2v) is 17.4. The summed E-state index contributed by atoms with van der Waals surface area (Å²) in [5.74, 6) is -8.34. The number of carboxylic acids is 5. The van der Waals surface area contributed by atoms with Gasteiger partial charge in [-0.3, -0.25) is 24.0 Å². The van der Waals surface area contributed by atoms with Crippen LogP contribution in [-0.4, -0.2) is 111 Å². The second-order valence-electron chi connectivity index (χ2n) is 16.1. The molecule has 0 aromatic heterocycles. The number of fused-ring (bicyclic) bond motifs is 2. The Morgan fingerprint density at radius 1 is 0.791 bits per heavy atom. The predicted molar refractivity (Wildman–Crippen MR) is 246 cm³/mol. The molecule has 0 radical (unpaired) electrons. The molecule has 354 valence electrons. The third-order valence-corrected chi connectivity index (χ3v) is 11.7. The quantitative estimate of drug-likeness (QED) is 0.0226. The van der Waals surface area contributed by atoms with Gasteiger partial charge in [0.2, 0.25) is 0 Å². The number of allylic oxidation sites excluding steroid dienone is 5. The minimum Gasteiger partial charge on any atom is -0.506 e. The summed E-state index contributed by atoms with van der Waals surface area (Å²) >= 11 is 19.2. The van der Waals surface area contributed by atoms with Crippen molar-refractivity contribution in [1.29, 1.82) is 0 Å². The molecule has 3 aromatic rings. The summed E-state index contributed by atoms with van der Waals surface area (Å²) in [5, 5.41) is 64.5. The molecule has 2 unspecified atom stereocenters. The molecule has 0 heterocycles. The first-order valence-electron chi connectivity index (χ1n) is 20.4. The summed E-state index contributed by atoms with van der Waals surface area (Å²) in [6, 6.07) is 8.87. The average Bonchev–Trinajstić information content (AvgIpc) is 3.22. The third-order valence-electron chi connectivity index (χ3n) is 10.9. The number of carboxylic acid groups (broad SMARTS) is 5. The zero-order valence-electron chi connectivity index (χ0n) is 36.0. The van der Waals surface area contributed by atoms with Gasteiger partial charge in [-0.2, -0.15) is 0 Å². The predicted octanol–water partition coefficient (Wildman–Crippen LogP) is 8.16. The van der Waals surface area contributed by atoms with Crippen molar-refractivity contribution in [3.05, 3.63) is 114 Å². The first-order chi connectivity index (χ1) is 31.5. The van der Waals surface area contributed by atoms with Crippen molar-refractivity contribution in [2.24, 2.45) is 5.11 Å². The Bertz CT molecular complexity index is 2640.